The van der Waals surface area contributed by atoms with Gasteiger partial charge in [-0.05, 0) is 0 Å². The Bertz CT molecular complexity index is 1100. The van der Waals surface area contributed by atoms with Gasteiger partial charge in [0, 0.05) is 37.7 Å². The van der Waals surface area contributed by atoms with Gasteiger partial charge in [-0.2, -0.15) is 8.78 Å². The van der Waals surface area contributed by atoms with Crippen LogP contribution in [0.3, 0.4) is 0 Å². The van der Waals surface area contributed by atoms with E-state index in [9.17, 15) is 36.7 Å². The quantitative estimate of drug-likeness (QED) is 0.0404. The molecule has 0 saturated carbocycles. The SMILES string of the molecule is O=C(CCN1C(=O)C=CC1=O)NCCOCCOCCOCCOCCOCCOCCC(=O)Oc1c(F)c(F)cc(F)c1F. The summed E-state index contributed by atoms with van der Waals surface area (Å²) < 4.78 is 89.4. The van der Waals surface area contributed by atoms with Crippen LogP contribution in [0.5, 0.6) is 5.75 Å². The molecule has 1 aliphatic heterocycles. The maximum atomic E-state index is 13.5. The average molecular weight is 653 g/mol. The van der Waals surface area contributed by atoms with E-state index in [1.165, 1.54) is 12.2 Å². The molecular formula is C28H36F4N2O11. The number of hydrogen-bond donors (Lipinski definition) is 1. The van der Waals surface area contributed by atoms with E-state index in [1.54, 1.807) is 0 Å². The summed E-state index contributed by atoms with van der Waals surface area (Å²) in [6.07, 6.45) is 1.95. The maximum absolute atomic E-state index is 13.5. The molecule has 1 aromatic rings. The summed E-state index contributed by atoms with van der Waals surface area (Å²) in [4.78, 5) is 47.2. The number of nitrogens with zero attached hydrogens (tertiary/aromatic N) is 1. The van der Waals surface area contributed by atoms with Gasteiger partial charge in [-0.3, -0.25) is 24.1 Å². The molecule has 0 spiro atoms. The van der Waals surface area contributed by atoms with Gasteiger partial charge in [0.15, 0.2) is 11.6 Å². The van der Waals surface area contributed by atoms with Crippen LogP contribution in [-0.2, 0) is 47.6 Å². The second-order valence-corrected chi connectivity index (χ2v) is 8.96. The molecule has 2 rings (SSSR count). The topological polar surface area (TPSA) is 148 Å². The number of amides is 3. The Balaban J connectivity index is 1.27. The minimum Gasteiger partial charge on any atom is -0.420 e. The van der Waals surface area contributed by atoms with Gasteiger partial charge in [-0.15, -0.1) is 0 Å². The number of carbonyl (C=O) groups excluding carboxylic acids is 4. The lowest BCUT2D eigenvalue weighted by atomic mass is 10.3. The van der Waals surface area contributed by atoms with E-state index in [4.69, 9.17) is 28.4 Å². The molecule has 1 aromatic carbocycles. The van der Waals surface area contributed by atoms with E-state index in [0.29, 0.717) is 52.8 Å². The molecule has 3 amide bonds. The van der Waals surface area contributed by atoms with Crippen LogP contribution in [0.4, 0.5) is 17.6 Å². The second kappa shape index (κ2) is 22.1. The normalized spacial score (nSPS) is 12.8. The first kappa shape index (κ1) is 37.7. The summed E-state index contributed by atoms with van der Waals surface area (Å²) in [5, 5.41) is 2.64. The Morgan fingerprint density at radius 3 is 1.51 bits per heavy atom. The van der Waals surface area contributed by atoms with Crippen LogP contribution in [-0.4, -0.2) is 121 Å². The number of benzene rings is 1. The minimum absolute atomic E-state index is 0.00813. The molecule has 252 valence electrons. The van der Waals surface area contributed by atoms with Crippen molar-refractivity contribution in [2.75, 3.05) is 92.4 Å². The highest BCUT2D eigenvalue weighted by molar-refractivity contribution is 6.13. The van der Waals surface area contributed by atoms with Gasteiger partial charge in [-0.1, -0.05) is 0 Å². The van der Waals surface area contributed by atoms with Crippen molar-refractivity contribution in [2.24, 2.45) is 0 Å². The molecular weight excluding hydrogens is 616 g/mol. The zero-order valence-electron chi connectivity index (χ0n) is 24.5. The van der Waals surface area contributed by atoms with Crippen LogP contribution in [0.15, 0.2) is 18.2 Å². The molecule has 0 aliphatic carbocycles. The molecule has 0 atom stereocenters. The number of ether oxygens (including phenoxy) is 7. The number of rotatable bonds is 25. The van der Waals surface area contributed by atoms with Gasteiger partial charge in [-0.25, -0.2) is 8.78 Å². The third kappa shape index (κ3) is 15.4. The van der Waals surface area contributed by atoms with E-state index in [1.807, 2.05) is 0 Å². The highest BCUT2D eigenvalue weighted by Gasteiger charge is 2.24. The Labute approximate surface area is 256 Å². The molecule has 0 aromatic heterocycles. The monoisotopic (exact) mass is 652 g/mol. The fraction of sp³-hybridized carbons (Fsp3) is 0.571. The third-order valence-corrected chi connectivity index (χ3v) is 5.63. The summed E-state index contributed by atoms with van der Waals surface area (Å²) in [5.74, 6) is -10.7. The molecule has 45 heavy (non-hydrogen) atoms. The van der Waals surface area contributed by atoms with E-state index in [2.05, 4.69) is 10.1 Å². The van der Waals surface area contributed by atoms with Crippen molar-refractivity contribution in [2.45, 2.75) is 12.8 Å². The van der Waals surface area contributed by atoms with Gasteiger partial charge in [0.25, 0.3) is 11.8 Å². The van der Waals surface area contributed by atoms with Gasteiger partial charge in [0.2, 0.25) is 23.3 Å². The van der Waals surface area contributed by atoms with Gasteiger partial charge in [0.1, 0.15) is 0 Å². The molecule has 1 heterocycles. The van der Waals surface area contributed by atoms with Crippen molar-refractivity contribution in [1.29, 1.82) is 0 Å². The molecule has 1 N–H and O–H groups in total. The number of hydrogen-bond acceptors (Lipinski definition) is 11. The molecule has 0 fully saturated rings. The predicted molar refractivity (Wildman–Crippen MR) is 145 cm³/mol. The fourth-order valence-corrected chi connectivity index (χ4v) is 3.38. The van der Waals surface area contributed by atoms with Gasteiger partial charge < -0.3 is 38.5 Å². The number of esters is 1. The van der Waals surface area contributed by atoms with Crippen LogP contribution in [0, 0.1) is 23.3 Å². The summed E-state index contributed by atoms with van der Waals surface area (Å²) in [5.41, 5.74) is 0. The maximum Gasteiger partial charge on any atom is 0.313 e. The molecule has 13 nitrogen and oxygen atoms in total. The van der Waals surface area contributed by atoms with Crippen molar-refractivity contribution >= 4 is 23.7 Å². The molecule has 0 saturated heterocycles. The van der Waals surface area contributed by atoms with Crippen molar-refractivity contribution in [1.82, 2.24) is 10.2 Å². The zero-order valence-corrected chi connectivity index (χ0v) is 24.5. The van der Waals surface area contributed by atoms with Crippen LogP contribution >= 0.6 is 0 Å². The first-order valence-corrected chi connectivity index (χ1v) is 14.0. The molecule has 0 bridgehead atoms. The summed E-state index contributed by atoms with van der Waals surface area (Å²) in [7, 11) is 0. The van der Waals surface area contributed by atoms with Crippen molar-refractivity contribution in [3.8, 4) is 5.75 Å². The largest absolute Gasteiger partial charge is 0.420 e. The lowest BCUT2D eigenvalue weighted by Gasteiger charge is -2.13. The molecule has 17 heteroatoms. The minimum atomic E-state index is -1.80. The van der Waals surface area contributed by atoms with Gasteiger partial charge >= 0.3 is 5.97 Å². The van der Waals surface area contributed by atoms with Crippen LogP contribution in [0.2, 0.25) is 0 Å². The first-order valence-electron chi connectivity index (χ1n) is 14.0. The molecule has 1 aliphatic rings. The number of halogens is 4. The number of carbonyl (C=O) groups is 4. The van der Waals surface area contributed by atoms with E-state index >= 15 is 0 Å². The Morgan fingerprint density at radius 1 is 0.622 bits per heavy atom. The smallest absolute Gasteiger partial charge is 0.313 e. The average Bonchev–Trinajstić information content (AvgIpc) is 3.34. The van der Waals surface area contributed by atoms with Crippen LogP contribution in [0.1, 0.15) is 12.8 Å². The van der Waals surface area contributed by atoms with Crippen LogP contribution < -0.4 is 10.1 Å². The van der Waals surface area contributed by atoms with Crippen molar-refractivity contribution in [3.05, 3.63) is 41.5 Å². The predicted octanol–water partition coefficient (Wildman–Crippen LogP) is 1.07. The highest BCUT2D eigenvalue weighted by atomic mass is 19.2. The first-order chi connectivity index (χ1) is 21.7. The van der Waals surface area contributed by atoms with Gasteiger partial charge in [0.05, 0.1) is 85.7 Å². The highest BCUT2D eigenvalue weighted by Crippen LogP contribution is 2.26. The summed E-state index contributed by atoms with van der Waals surface area (Å²) in [6, 6.07) is 0.00813. The van der Waals surface area contributed by atoms with E-state index in [-0.39, 0.29) is 58.0 Å². The summed E-state index contributed by atoms with van der Waals surface area (Å²) >= 11 is 0. The lowest BCUT2D eigenvalue weighted by Crippen LogP contribution is -2.35. The number of nitrogens with one attached hydrogen (secondary N) is 1. The lowest BCUT2D eigenvalue weighted by molar-refractivity contribution is -0.138. The third-order valence-electron chi connectivity index (χ3n) is 5.63. The molecule has 0 unspecified atom stereocenters. The Morgan fingerprint density at radius 2 is 1.04 bits per heavy atom. The van der Waals surface area contributed by atoms with Crippen LogP contribution in [0.25, 0.3) is 0 Å². The molecule has 0 radical (unpaired) electrons. The van der Waals surface area contributed by atoms with Crippen molar-refractivity contribution < 1.29 is 69.9 Å². The number of imide groups is 1. The fourth-order valence-electron chi connectivity index (χ4n) is 3.38. The van der Waals surface area contributed by atoms with Crippen molar-refractivity contribution in [3.63, 3.8) is 0 Å². The Hall–Kier alpha value is -3.48. The Kier molecular flexibility index (Phi) is 18.5. The van der Waals surface area contributed by atoms with E-state index < -0.39 is 53.2 Å². The second-order valence-electron chi connectivity index (χ2n) is 8.96. The standard InChI is InChI=1S/C28H36F4N2O11/c29-20-19-21(30)27(32)28(26(20)31)45-25(38)4-7-39-9-11-41-13-15-43-17-18-44-16-14-42-12-10-40-8-5-33-22(35)3-6-34-23(36)1-2-24(34)37/h1-2,19H,3-18H2,(H,33,35). The van der Waals surface area contributed by atoms with E-state index in [0.717, 1.165) is 4.90 Å². The summed E-state index contributed by atoms with van der Waals surface area (Å²) in [6.45, 7) is 3.43. The zero-order chi connectivity index (χ0) is 32.9.